The molecule has 8 aromatic carbocycles. The van der Waals surface area contributed by atoms with Gasteiger partial charge < -0.3 is 17.7 Å². The molecule has 0 fully saturated rings. The van der Waals surface area contributed by atoms with E-state index in [1.54, 1.807) is 25.3 Å². The van der Waals surface area contributed by atoms with E-state index in [0.29, 0.717) is 39.6 Å². The van der Waals surface area contributed by atoms with Gasteiger partial charge in [0.25, 0.3) is 0 Å². The molecule has 0 amide bonds. The highest BCUT2D eigenvalue weighted by molar-refractivity contribution is 6.15. The summed E-state index contributed by atoms with van der Waals surface area (Å²) in [6.07, 6.45) is 6.40. The summed E-state index contributed by atoms with van der Waals surface area (Å²) in [4.78, 5) is 18.9. The van der Waals surface area contributed by atoms with Crippen LogP contribution in [0.25, 0.3) is 177 Å². The van der Waals surface area contributed by atoms with Gasteiger partial charge in [0, 0.05) is 123 Å². The van der Waals surface area contributed by atoms with Gasteiger partial charge in [0.2, 0.25) is 45.6 Å². The summed E-state index contributed by atoms with van der Waals surface area (Å²) in [6.45, 7) is 14.8. The van der Waals surface area contributed by atoms with Gasteiger partial charge in [-0.2, -0.15) is 0 Å². The Bertz CT molecular complexity index is 7190. The van der Waals surface area contributed by atoms with Gasteiger partial charge in [0.1, 0.15) is 28.2 Å². The largest absolute Gasteiger partial charge is 0.437 e. The number of nitrogens with zero attached hydrogens (tertiary/aromatic N) is 8. The molecule has 0 N–H and O–H groups in total. The summed E-state index contributed by atoms with van der Waals surface area (Å²) in [6, 6.07) is 73.3. The molecule has 20 aromatic rings. The fraction of sp³-hybridized carbons (Fsp3) is 0.175. The minimum atomic E-state index is -2.45. The zero-order chi connectivity index (χ0) is 81.3. The highest BCUT2D eigenvalue weighted by Crippen LogP contribution is 2.43. The number of furan rings is 4. The molecule has 0 spiro atoms. The van der Waals surface area contributed by atoms with Gasteiger partial charge in [-0.05, 0) is 146 Å². The van der Waals surface area contributed by atoms with Crippen LogP contribution >= 0.6 is 0 Å². The lowest BCUT2D eigenvalue weighted by atomic mass is 9.97. The van der Waals surface area contributed by atoms with Crippen molar-refractivity contribution in [2.45, 2.75) is 87.3 Å². The monoisotopic (exact) mass is 1430 g/mol. The van der Waals surface area contributed by atoms with Crippen molar-refractivity contribution in [1.82, 2.24) is 19.9 Å². The van der Waals surface area contributed by atoms with Crippen molar-refractivity contribution in [2.24, 2.45) is 28.2 Å². The van der Waals surface area contributed by atoms with E-state index in [1.807, 2.05) is 173 Å². The first-order chi connectivity index (χ1) is 55.3. The average molecular weight is 1430 g/mol. The number of hydrogen-bond acceptors (Lipinski definition) is 8. The van der Waals surface area contributed by atoms with Crippen LogP contribution < -0.4 is 18.3 Å². The number of aromatic nitrogens is 8. The van der Waals surface area contributed by atoms with E-state index < -0.39 is 25.0 Å². The third kappa shape index (κ3) is 12.5. The number of hydrogen-bond donors (Lipinski definition) is 0. The maximum Gasteiger partial charge on any atom is 0.227 e. The topological polar surface area (TPSA) is 120 Å². The van der Waals surface area contributed by atoms with Gasteiger partial charge in [-0.25, -0.2) is 38.2 Å². The predicted octanol–water partition coefficient (Wildman–Crippen LogP) is 22.9. The Balaban J connectivity index is 0.000000112. The molecule has 12 aromatic heterocycles. The van der Waals surface area contributed by atoms with Crippen LogP contribution in [0.15, 0.2) is 261 Å². The van der Waals surface area contributed by atoms with Crippen molar-refractivity contribution >= 4 is 132 Å². The molecule has 0 aliphatic carbocycles. The second kappa shape index (κ2) is 27.8. The van der Waals surface area contributed by atoms with Crippen LogP contribution in [0.5, 0.6) is 0 Å². The molecule has 12 heterocycles. The molecule has 0 aliphatic rings. The van der Waals surface area contributed by atoms with Crippen molar-refractivity contribution in [1.29, 1.82) is 0 Å². The van der Waals surface area contributed by atoms with E-state index in [9.17, 15) is 0 Å². The maximum atomic E-state index is 8.53. The summed E-state index contributed by atoms with van der Waals surface area (Å²) in [5.41, 5.74) is 25.0. The second-order valence-electron chi connectivity index (χ2n) is 28.9. The molecule has 20 rings (SSSR count). The SMILES string of the molecule is Cc1cc[n+](C)c(-c2c(C)ccc3c2oc2nc4ccccc4cc23)c1.[2H]C(C)(C)c1cc[n+](C)c(-c2c(C)ccc3c2oc2nc4ccccc4cc23)c1.[2H]C([2H])(C)c1cc[n+](C)c(-c2c(C)ccc3c2oc2nc4ccccc4cc23)c1.[2H]C([2H])([2H])C([2H])(C)c1cc[n+](C)c(-c2c(C)ccc3c2oc2nc4ccccc4cc23)c1. The lowest BCUT2D eigenvalue weighted by Crippen LogP contribution is -2.31. The Morgan fingerprint density at radius 3 is 0.954 bits per heavy atom. The van der Waals surface area contributed by atoms with Crippen molar-refractivity contribution in [3.8, 4) is 45.0 Å². The Morgan fingerprint density at radius 2 is 0.633 bits per heavy atom. The summed E-state index contributed by atoms with van der Waals surface area (Å²) in [5, 5.41) is 12.5. The summed E-state index contributed by atoms with van der Waals surface area (Å²) < 4.78 is 90.1. The molecule has 1 unspecified atom stereocenters. The zero-order valence-electron chi connectivity index (χ0n) is 70.3. The Hall–Kier alpha value is -12.8. The highest BCUT2D eigenvalue weighted by atomic mass is 16.4. The van der Waals surface area contributed by atoms with Gasteiger partial charge in [0.05, 0.1) is 44.3 Å². The number of pyridine rings is 8. The first-order valence-electron chi connectivity index (χ1n) is 40.2. The highest BCUT2D eigenvalue weighted by Gasteiger charge is 2.27. The standard InChI is InChI=1S/2C25H23N2O.C24H21N2O.C23H19N2O/c2*1-15(2)17-11-12-27(4)22(14-17)23-16(3)9-10-19-20-13-18-7-5-6-8-21(18)26-25(20)28-24(19)23;1-4-16-11-12-26(3)21(13-16)22-15(2)9-10-18-19-14-17-7-5-6-8-20(17)25-24(19)27-23(18)22;1-14-10-11-25(3)20(12-14)21-15(2)8-9-17-18-13-16-6-4-5-7-19(16)24-23(18)26-22(17)21/h2*5-15H,1-4H3;5-14H,4H2,1-3H3;4-13H,1-3H3/q4*+1/i1D3,15D;15D;4D2;. The molecule has 12 heteroatoms. The van der Waals surface area contributed by atoms with Crippen LogP contribution in [-0.2, 0) is 34.6 Å². The van der Waals surface area contributed by atoms with Crippen LogP contribution in [0.4, 0.5) is 0 Å². The van der Waals surface area contributed by atoms with E-state index in [4.69, 9.17) is 47.2 Å². The van der Waals surface area contributed by atoms with E-state index in [2.05, 4.69) is 147 Å². The minimum Gasteiger partial charge on any atom is -0.437 e. The molecule has 0 saturated heterocycles. The Morgan fingerprint density at radius 1 is 0.339 bits per heavy atom. The van der Waals surface area contributed by atoms with E-state index in [-0.39, 0.29) is 0 Å². The second-order valence-corrected chi connectivity index (χ2v) is 28.9. The fourth-order valence-corrected chi connectivity index (χ4v) is 15.2. The third-order valence-electron chi connectivity index (χ3n) is 21.3. The zero-order valence-corrected chi connectivity index (χ0v) is 63.3. The van der Waals surface area contributed by atoms with Crippen molar-refractivity contribution in [3.63, 3.8) is 0 Å². The van der Waals surface area contributed by atoms with Crippen LogP contribution in [-0.4, -0.2) is 19.9 Å². The van der Waals surface area contributed by atoms with E-state index in [0.717, 1.165) is 171 Å². The van der Waals surface area contributed by atoms with Gasteiger partial charge in [-0.1, -0.05) is 156 Å². The summed E-state index contributed by atoms with van der Waals surface area (Å²) >= 11 is 0. The van der Waals surface area contributed by atoms with Gasteiger partial charge in [0.15, 0.2) is 47.1 Å². The first kappa shape index (κ1) is 61.4. The minimum absolute atomic E-state index is 0.432. The molecule has 12 nitrogen and oxygen atoms in total. The number of para-hydroxylation sites is 4. The quantitative estimate of drug-likeness (QED) is 0.145. The van der Waals surface area contributed by atoms with Crippen LogP contribution in [0, 0.1) is 34.6 Å². The predicted molar refractivity (Wildman–Crippen MR) is 444 cm³/mol. The van der Waals surface area contributed by atoms with E-state index in [1.165, 1.54) is 18.1 Å². The Kier molecular flexibility index (Phi) is 15.7. The first-order valence-corrected chi connectivity index (χ1v) is 36.7. The van der Waals surface area contributed by atoms with Crippen molar-refractivity contribution < 1.29 is 45.5 Å². The fourth-order valence-electron chi connectivity index (χ4n) is 15.2. The summed E-state index contributed by atoms with van der Waals surface area (Å²) in [7, 11) is 7.98. The molecule has 0 radical (unpaired) electrons. The molecule has 109 heavy (non-hydrogen) atoms. The normalized spacial score (nSPS) is 13.6. The van der Waals surface area contributed by atoms with Crippen molar-refractivity contribution in [2.75, 3.05) is 0 Å². The molecule has 1 atom stereocenters. The van der Waals surface area contributed by atoms with Crippen LogP contribution in [0.2, 0.25) is 0 Å². The Labute approximate surface area is 642 Å². The molecule has 0 bridgehead atoms. The van der Waals surface area contributed by atoms with Gasteiger partial charge >= 0.3 is 0 Å². The lowest BCUT2D eigenvalue weighted by molar-refractivity contribution is -0.660. The molecular weight excluding hydrogens is 1340 g/mol. The average Bonchev–Trinajstić information content (AvgIpc) is 1.59. The number of fused-ring (bicyclic) bond motifs is 16. The van der Waals surface area contributed by atoms with Gasteiger partial charge in [-0.15, -0.1) is 0 Å². The third-order valence-corrected chi connectivity index (χ3v) is 21.3. The lowest BCUT2D eigenvalue weighted by Gasteiger charge is -2.09. The van der Waals surface area contributed by atoms with Crippen LogP contribution in [0.3, 0.4) is 0 Å². The smallest absolute Gasteiger partial charge is 0.227 e. The number of benzene rings is 8. The maximum absolute atomic E-state index is 8.53. The van der Waals surface area contributed by atoms with Crippen LogP contribution in [0.1, 0.15) is 100 Å². The van der Waals surface area contributed by atoms with Crippen molar-refractivity contribution in [3.05, 3.63) is 288 Å². The number of rotatable bonds is 7. The molecular formula is C97H86N8O4+4. The molecule has 0 aliphatic heterocycles. The summed E-state index contributed by atoms with van der Waals surface area (Å²) in [5.74, 6) is -2.40. The number of aryl methyl sites for hydroxylation is 10. The van der Waals surface area contributed by atoms with Gasteiger partial charge in [-0.3, -0.25) is 0 Å². The molecule has 534 valence electrons. The molecule has 0 saturated carbocycles. The van der Waals surface area contributed by atoms with E-state index >= 15 is 0 Å².